The van der Waals surface area contributed by atoms with Crippen LogP contribution in [0.15, 0.2) is 40.9 Å². The summed E-state index contributed by atoms with van der Waals surface area (Å²) in [5.41, 5.74) is 7.66. The molecule has 4 unspecified atom stereocenters. The molecule has 4 atom stereocenters. The van der Waals surface area contributed by atoms with Gasteiger partial charge in [-0.3, -0.25) is 14.6 Å². The summed E-state index contributed by atoms with van der Waals surface area (Å²) in [5.74, 6) is -0.482. The predicted molar refractivity (Wildman–Crippen MR) is 101 cm³/mol. The average molecular weight is 358 g/mol. The van der Waals surface area contributed by atoms with Gasteiger partial charge in [-0.1, -0.05) is 31.2 Å². The topological polar surface area (TPSA) is 102 Å². The quantitative estimate of drug-likeness (QED) is 0.542. The normalized spacial score (nSPS) is 20.1. The van der Waals surface area contributed by atoms with Gasteiger partial charge in [-0.15, -0.1) is 0 Å². The molecule has 0 saturated heterocycles. The fraction of sp³-hybridized carbons (Fsp3) is 0.450. The molecular weight excluding hydrogens is 332 g/mol. The number of nitrogens with zero attached hydrogens (tertiary/aromatic N) is 1. The Morgan fingerprint density at radius 3 is 2.46 bits per heavy atom. The number of ether oxygens (including phenoxy) is 1. The van der Waals surface area contributed by atoms with Crippen LogP contribution in [0, 0.1) is 5.92 Å². The van der Waals surface area contributed by atoms with Crippen molar-refractivity contribution in [3.05, 3.63) is 47.0 Å². The Labute approximate surface area is 153 Å². The monoisotopic (exact) mass is 358 g/mol. The number of benzene rings is 1. The lowest BCUT2D eigenvalue weighted by molar-refractivity contribution is -0.104. The summed E-state index contributed by atoms with van der Waals surface area (Å²) >= 11 is 0. The Balaban J connectivity index is 2.54. The molecule has 0 saturated carbocycles. The fourth-order valence-electron chi connectivity index (χ4n) is 3.13. The van der Waals surface area contributed by atoms with Crippen LogP contribution in [0.25, 0.3) is 0 Å². The Morgan fingerprint density at radius 1 is 1.27 bits per heavy atom. The third-order valence-electron chi connectivity index (χ3n) is 4.58. The number of ketones is 1. The number of nitrogens with two attached hydrogens (primary N) is 1. The highest BCUT2D eigenvalue weighted by Crippen LogP contribution is 2.24. The summed E-state index contributed by atoms with van der Waals surface area (Å²) in [5, 5.41) is 9.67. The van der Waals surface area contributed by atoms with Gasteiger partial charge in [0.15, 0.2) is 12.1 Å². The number of aldehydes is 1. The van der Waals surface area contributed by atoms with Crippen LogP contribution in [0.2, 0.25) is 0 Å². The predicted octanol–water partition coefficient (Wildman–Crippen LogP) is 1.55. The average Bonchev–Trinajstić information content (AvgIpc) is 2.65. The van der Waals surface area contributed by atoms with E-state index in [-0.39, 0.29) is 42.1 Å². The van der Waals surface area contributed by atoms with Crippen molar-refractivity contribution >= 4 is 17.8 Å². The highest BCUT2D eigenvalue weighted by Gasteiger charge is 2.30. The van der Waals surface area contributed by atoms with Crippen LogP contribution in [-0.2, 0) is 9.53 Å². The maximum Gasteiger partial charge on any atom is 0.197 e. The lowest BCUT2D eigenvalue weighted by atomic mass is 9.88. The van der Waals surface area contributed by atoms with Gasteiger partial charge in [-0.2, -0.15) is 0 Å². The zero-order chi connectivity index (χ0) is 19.3. The molecule has 0 amide bonds. The molecule has 6 heteroatoms. The molecule has 1 aliphatic carbocycles. The molecule has 2 rings (SSSR count). The maximum atomic E-state index is 12.4. The van der Waals surface area contributed by atoms with Crippen LogP contribution in [-0.4, -0.2) is 54.8 Å². The van der Waals surface area contributed by atoms with Gasteiger partial charge in [-0.25, -0.2) is 0 Å². The van der Waals surface area contributed by atoms with E-state index < -0.39 is 0 Å². The fourth-order valence-corrected chi connectivity index (χ4v) is 3.13. The number of carbonyl (C=O) groups excluding carboxylic acids is 2. The van der Waals surface area contributed by atoms with Crippen molar-refractivity contribution in [1.29, 1.82) is 0 Å². The summed E-state index contributed by atoms with van der Waals surface area (Å²) in [6, 6.07) is 6.61. The Morgan fingerprint density at radius 2 is 1.92 bits per heavy atom. The lowest BCUT2D eigenvalue weighted by Gasteiger charge is -2.29. The van der Waals surface area contributed by atoms with Gasteiger partial charge in [0, 0.05) is 36.8 Å². The molecule has 1 aromatic rings. The number of aliphatic hydroxyl groups excluding tert-OH is 1. The van der Waals surface area contributed by atoms with Crippen LogP contribution in [0.3, 0.4) is 0 Å². The summed E-state index contributed by atoms with van der Waals surface area (Å²) in [6.45, 7) is 3.70. The number of fused-ring (bicyclic) bond motifs is 1. The zero-order valence-corrected chi connectivity index (χ0v) is 15.4. The van der Waals surface area contributed by atoms with E-state index in [9.17, 15) is 14.7 Å². The minimum Gasteiger partial charge on any atom is -0.396 e. The number of methoxy groups -OCH3 is 1. The first-order valence-corrected chi connectivity index (χ1v) is 8.70. The molecule has 26 heavy (non-hydrogen) atoms. The van der Waals surface area contributed by atoms with E-state index in [1.54, 1.807) is 25.3 Å². The first kappa shape index (κ1) is 20.2. The molecule has 0 aromatic heterocycles. The molecule has 0 radical (unpaired) electrons. The van der Waals surface area contributed by atoms with Gasteiger partial charge in [0.2, 0.25) is 0 Å². The van der Waals surface area contributed by atoms with Crippen molar-refractivity contribution in [2.75, 3.05) is 13.7 Å². The zero-order valence-electron chi connectivity index (χ0n) is 15.4. The number of allylic oxidation sites excluding steroid dienone is 2. The van der Waals surface area contributed by atoms with Gasteiger partial charge < -0.3 is 15.6 Å². The number of hydrogen-bond acceptors (Lipinski definition) is 6. The van der Waals surface area contributed by atoms with Crippen LogP contribution in [0.5, 0.6) is 0 Å². The lowest BCUT2D eigenvalue weighted by Crippen LogP contribution is -2.39. The number of aliphatic hydroxyl groups is 1. The van der Waals surface area contributed by atoms with Gasteiger partial charge in [0.25, 0.3) is 0 Å². The number of hydrogen-bond donors (Lipinski definition) is 2. The Hall–Kier alpha value is -2.15. The molecule has 0 heterocycles. The van der Waals surface area contributed by atoms with Crippen molar-refractivity contribution in [1.82, 2.24) is 0 Å². The van der Waals surface area contributed by atoms with E-state index >= 15 is 0 Å². The van der Waals surface area contributed by atoms with E-state index in [0.29, 0.717) is 29.5 Å². The molecule has 3 N–H and O–H groups in total. The Bertz CT molecular complexity index is 724. The van der Waals surface area contributed by atoms with Gasteiger partial charge >= 0.3 is 0 Å². The van der Waals surface area contributed by atoms with Gasteiger partial charge in [-0.05, 0) is 19.4 Å². The molecule has 140 valence electrons. The van der Waals surface area contributed by atoms with Gasteiger partial charge in [0.05, 0.1) is 23.4 Å². The smallest absolute Gasteiger partial charge is 0.197 e. The van der Waals surface area contributed by atoms with Crippen LogP contribution in [0.4, 0.5) is 0 Å². The second kappa shape index (κ2) is 8.98. The van der Waals surface area contributed by atoms with Gasteiger partial charge in [0.1, 0.15) is 0 Å². The van der Waals surface area contributed by atoms with Crippen molar-refractivity contribution < 1.29 is 19.4 Å². The number of carbonyl (C=O) groups is 2. The second-order valence-electron chi connectivity index (χ2n) is 6.74. The standard InChI is InChI=1S/C20H26N2O4/c1-12(10-23)19(18(26-3)8-13(2)21)22-17-9-14(11-24)20(25)16-7-5-4-6-15(16)17/h4-7,9,11-13,18-19,23H,8,10,21H2,1-3H3/b22-17+. The van der Waals surface area contributed by atoms with E-state index in [4.69, 9.17) is 15.5 Å². The highest BCUT2D eigenvalue weighted by molar-refractivity contribution is 6.32. The van der Waals surface area contributed by atoms with Crippen molar-refractivity contribution in [2.45, 2.75) is 38.5 Å². The maximum absolute atomic E-state index is 12.4. The number of aliphatic imine (C=N–C) groups is 1. The minimum atomic E-state index is -0.364. The minimum absolute atomic E-state index is 0.0644. The molecule has 0 aliphatic heterocycles. The van der Waals surface area contributed by atoms with E-state index in [1.807, 2.05) is 19.9 Å². The highest BCUT2D eigenvalue weighted by atomic mass is 16.5. The molecule has 0 spiro atoms. The third kappa shape index (κ3) is 4.33. The van der Waals surface area contributed by atoms with Crippen molar-refractivity contribution in [3.63, 3.8) is 0 Å². The summed E-state index contributed by atoms with van der Waals surface area (Å²) < 4.78 is 5.59. The van der Waals surface area contributed by atoms with Crippen LogP contribution < -0.4 is 5.73 Å². The second-order valence-corrected chi connectivity index (χ2v) is 6.74. The summed E-state index contributed by atoms with van der Waals surface area (Å²) in [4.78, 5) is 28.5. The molecular formula is C20H26N2O4. The number of Topliss-reactive ketones (excluding diaryl/α,β-unsaturated/α-hetero) is 1. The van der Waals surface area contributed by atoms with Crippen molar-refractivity contribution in [3.8, 4) is 0 Å². The van der Waals surface area contributed by atoms with E-state index in [1.165, 1.54) is 6.08 Å². The summed E-state index contributed by atoms with van der Waals surface area (Å²) in [7, 11) is 1.59. The Kier molecular flexibility index (Phi) is 6.97. The SMILES string of the molecule is COC(CC(C)N)C(/N=C1\C=C(C=O)C(=O)c2ccccc21)C(C)CO. The third-order valence-corrected chi connectivity index (χ3v) is 4.58. The molecule has 1 aliphatic rings. The molecule has 6 nitrogen and oxygen atoms in total. The van der Waals surface area contributed by atoms with Crippen LogP contribution >= 0.6 is 0 Å². The summed E-state index contributed by atoms with van der Waals surface area (Å²) in [6.07, 6.45) is 2.34. The van der Waals surface area contributed by atoms with E-state index in [0.717, 1.165) is 0 Å². The molecule has 1 aromatic carbocycles. The van der Waals surface area contributed by atoms with Crippen LogP contribution in [0.1, 0.15) is 36.2 Å². The first-order valence-electron chi connectivity index (χ1n) is 8.70. The van der Waals surface area contributed by atoms with Crippen molar-refractivity contribution in [2.24, 2.45) is 16.6 Å². The van der Waals surface area contributed by atoms with E-state index in [2.05, 4.69) is 0 Å². The number of rotatable bonds is 8. The largest absolute Gasteiger partial charge is 0.396 e. The molecule has 0 bridgehead atoms. The first-order chi connectivity index (χ1) is 12.4. The molecule has 0 fully saturated rings.